The highest BCUT2D eigenvalue weighted by Gasteiger charge is 2.14. The second-order valence-corrected chi connectivity index (χ2v) is 6.09. The molecule has 0 bridgehead atoms. The van der Waals surface area contributed by atoms with Gasteiger partial charge in [-0.3, -0.25) is 4.79 Å². The van der Waals surface area contributed by atoms with Crippen LogP contribution in [0.5, 0.6) is 0 Å². The molecular formula is C14H13FN2O3S. The molecule has 1 amide bonds. The molecule has 110 valence electrons. The number of benzene rings is 2. The predicted octanol–water partition coefficient (Wildman–Crippen LogP) is 1.99. The largest absolute Gasteiger partial charge is 0.322 e. The van der Waals surface area contributed by atoms with Gasteiger partial charge in [0.15, 0.2) is 0 Å². The molecule has 2 aromatic rings. The molecule has 7 heteroatoms. The summed E-state index contributed by atoms with van der Waals surface area (Å²) in [6, 6.07) is 11.0. The van der Waals surface area contributed by atoms with Gasteiger partial charge in [0.2, 0.25) is 10.0 Å². The fourth-order valence-corrected chi connectivity index (χ4v) is 2.47. The monoisotopic (exact) mass is 308 g/mol. The van der Waals surface area contributed by atoms with Crippen LogP contribution in [0.25, 0.3) is 0 Å². The molecule has 0 aliphatic carbocycles. The SMILES string of the molecule is CNS(=O)(=O)c1cccc(C(=O)Nc2cccc(F)c2)c1. The Morgan fingerprint density at radius 1 is 1.10 bits per heavy atom. The molecule has 5 nitrogen and oxygen atoms in total. The third-order valence-corrected chi connectivity index (χ3v) is 4.17. The van der Waals surface area contributed by atoms with E-state index in [1.54, 1.807) is 0 Å². The molecule has 0 atom stereocenters. The molecule has 0 fully saturated rings. The number of sulfonamides is 1. The van der Waals surface area contributed by atoms with Gasteiger partial charge in [-0.05, 0) is 43.4 Å². The maximum Gasteiger partial charge on any atom is 0.255 e. The average Bonchev–Trinajstić information content (AvgIpc) is 2.47. The molecule has 0 aromatic heterocycles. The lowest BCUT2D eigenvalue weighted by atomic mass is 10.2. The van der Waals surface area contributed by atoms with Gasteiger partial charge in [-0.2, -0.15) is 0 Å². The molecule has 21 heavy (non-hydrogen) atoms. The van der Waals surface area contributed by atoms with E-state index in [1.807, 2.05) is 0 Å². The number of halogens is 1. The van der Waals surface area contributed by atoms with Gasteiger partial charge in [-0.15, -0.1) is 0 Å². The molecule has 0 aliphatic rings. The standard InChI is InChI=1S/C14H13FN2O3S/c1-16-21(19,20)13-7-2-4-10(8-13)14(18)17-12-6-3-5-11(15)9-12/h2-9,16H,1H3,(H,17,18). The molecule has 2 rings (SSSR count). The molecule has 2 N–H and O–H groups in total. The Kier molecular flexibility index (Phi) is 4.35. The number of carbonyl (C=O) groups excluding carboxylic acids is 1. The van der Waals surface area contributed by atoms with Crippen LogP contribution < -0.4 is 10.0 Å². The molecular weight excluding hydrogens is 295 g/mol. The van der Waals surface area contributed by atoms with Gasteiger partial charge in [0.1, 0.15) is 5.82 Å². The van der Waals surface area contributed by atoms with E-state index in [1.165, 1.54) is 55.6 Å². The number of nitrogens with one attached hydrogen (secondary N) is 2. The zero-order valence-electron chi connectivity index (χ0n) is 11.1. The number of amides is 1. The fraction of sp³-hybridized carbons (Fsp3) is 0.0714. The van der Waals surface area contributed by atoms with Crippen LogP contribution in [0.2, 0.25) is 0 Å². The Morgan fingerprint density at radius 2 is 1.81 bits per heavy atom. The summed E-state index contributed by atoms with van der Waals surface area (Å²) in [6.07, 6.45) is 0. The molecule has 0 unspecified atom stereocenters. The van der Waals surface area contributed by atoms with Crippen LogP contribution in [0.1, 0.15) is 10.4 Å². The van der Waals surface area contributed by atoms with Crippen molar-refractivity contribution in [2.75, 3.05) is 12.4 Å². The minimum atomic E-state index is -3.62. The number of rotatable bonds is 4. The zero-order chi connectivity index (χ0) is 15.5. The van der Waals surface area contributed by atoms with E-state index in [2.05, 4.69) is 10.0 Å². The first kappa shape index (κ1) is 15.1. The molecule has 0 saturated heterocycles. The van der Waals surface area contributed by atoms with Crippen LogP contribution in [0.3, 0.4) is 0 Å². The highest BCUT2D eigenvalue weighted by Crippen LogP contribution is 2.14. The van der Waals surface area contributed by atoms with E-state index in [0.29, 0.717) is 5.69 Å². The predicted molar refractivity (Wildman–Crippen MR) is 77.0 cm³/mol. The van der Waals surface area contributed by atoms with Crippen LogP contribution in [0.4, 0.5) is 10.1 Å². The maximum absolute atomic E-state index is 13.0. The van der Waals surface area contributed by atoms with Gasteiger partial charge >= 0.3 is 0 Å². The van der Waals surface area contributed by atoms with Crippen LogP contribution in [0, 0.1) is 5.82 Å². The van der Waals surface area contributed by atoms with Crippen LogP contribution in [-0.4, -0.2) is 21.4 Å². The van der Waals surface area contributed by atoms with Crippen molar-refractivity contribution in [3.05, 3.63) is 59.9 Å². The lowest BCUT2D eigenvalue weighted by Crippen LogP contribution is -2.19. The Morgan fingerprint density at radius 3 is 2.48 bits per heavy atom. The third kappa shape index (κ3) is 3.65. The lowest BCUT2D eigenvalue weighted by Gasteiger charge is -2.07. The maximum atomic E-state index is 13.0. The summed E-state index contributed by atoms with van der Waals surface area (Å²) in [6.45, 7) is 0. The topological polar surface area (TPSA) is 75.3 Å². The van der Waals surface area contributed by atoms with Crippen LogP contribution in [0.15, 0.2) is 53.4 Å². The molecule has 0 radical (unpaired) electrons. The summed E-state index contributed by atoms with van der Waals surface area (Å²) in [5.41, 5.74) is 0.456. The Hall–Kier alpha value is -2.25. The van der Waals surface area contributed by atoms with Gasteiger partial charge in [0.25, 0.3) is 5.91 Å². The van der Waals surface area contributed by atoms with Crippen LogP contribution in [-0.2, 0) is 10.0 Å². The van der Waals surface area contributed by atoms with Crippen molar-refractivity contribution < 1.29 is 17.6 Å². The first-order valence-electron chi connectivity index (χ1n) is 6.03. The molecule has 0 saturated carbocycles. The van der Waals surface area contributed by atoms with E-state index in [-0.39, 0.29) is 10.5 Å². The lowest BCUT2D eigenvalue weighted by molar-refractivity contribution is 0.102. The number of hydrogen-bond acceptors (Lipinski definition) is 3. The first-order valence-corrected chi connectivity index (χ1v) is 7.51. The first-order chi connectivity index (χ1) is 9.92. The number of anilines is 1. The minimum Gasteiger partial charge on any atom is -0.322 e. The van der Waals surface area contributed by atoms with Crippen molar-refractivity contribution in [2.45, 2.75) is 4.90 Å². The summed E-state index contributed by atoms with van der Waals surface area (Å²) >= 11 is 0. The van der Waals surface area contributed by atoms with Crippen molar-refractivity contribution in [1.29, 1.82) is 0 Å². The number of carbonyl (C=O) groups is 1. The molecule has 2 aromatic carbocycles. The molecule has 0 spiro atoms. The van der Waals surface area contributed by atoms with Crippen molar-refractivity contribution in [2.24, 2.45) is 0 Å². The van der Waals surface area contributed by atoms with E-state index in [0.717, 1.165) is 0 Å². The summed E-state index contributed by atoms with van der Waals surface area (Å²) in [4.78, 5) is 12.0. The fourth-order valence-electron chi connectivity index (χ4n) is 1.69. The highest BCUT2D eigenvalue weighted by atomic mass is 32.2. The number of hydrogen-bond donors (Lipinski definition) is 2. The molecule has 0 aliphatic heterocycles. The van der Waals surface area contributed by atoms with Gasteiger partial charge in [0.05, 0.1) is 4.90 Å². The van der Waals surface area contributed by atoms with Crippen molar-refractivity contribution >= 4 is 21.6 Å². The summed E-state index contributed by atoms with van der Waals surface area (Å²) in [7, 11) is -2.34. The molecule has 0 heterocycles. The van der Waals surface area contributed by atoms with Gasteiger partial charge in [-0.25, -0.2) is 17.5 Å². The van der Waals surface area contributed by atoms with E-state index in [4.69, 9.17) is 0 Å². The Labute approximate surface area is 121 Å². The van der Waals surface area contributed by atoms with E-state index in [9.17, 15) is 17.6 Å². The smallest absolute Gasteiger partial charge is 0.255 e. The van der Waals surface area contributed by atoms with E-state index < -0.39 is 21.7 Å². The van der Waals surface area contributed by atoms with Crippen molar-refractivity contribution in [1.82, 2.24) is 4.72 Å². The summed E-state index contributed by atoms with van der Waals surface area (Å²) < 4.78 is 38.6. The van der Waals surface area contributed by atoms with Crippen molar-refractivity contribution in [3.63, 3.8) is 0 Å². The van der Waals surface area contributed by atoms with Gasteiger partial charge in [-0.1, -0.05) is 12.1 Å². The average molecular weight is 308 g/mol. The summed E-state index contributed by atoms with van der Waals surface area (Å²) in [5.74, 6) is -0.993. The second-order valence-electron chi connectivity index (χ2n) is 4.20. The quantitative estimate of drug-likeness (QED) is 0.907. The van der Waals surface area contributed by atoms with Gasteiger partial charge in [0, 0.05) is 11.3 Å². The Bertz CT molecular complexity index is 775. The van der Waals surface area contributed by atoms with E-state index >= 15 is 0 Å². The van der Waals surface area contributed by atoms with Gasteiger partial charge < -0.3 is 5.32 Å². The zero-order valence-corrected chi connectivity index (χ0v) is 11.9. The van der Waals surface area contributed by atoms with Crippen LogP contribution >= 0.6 is 0 Å². The normalized spacial score (nSPS) is 11.1. The second kappa shape index (κ2) is 6.02. The Balaban J connectivity index is 2.26. The summed E-state index contributed by atoms with van der Waals surface area (Å²) in [5, 5.41) is 2.50. The third-order valence-electron chi connectivity index (χ3n) is 2.76. The van der Waals surface area contributed by atoms with Crippen molar-refractivity contribution in [3.8, 4) is 0 Å². The minimum absolute atomic E-state index is 0.0168. The highest BCUT2D eigenvalue weighted by molar-refractivity contribution is 7.89.